The minimum atomic E-state index is 0.583. The van der Waals surface area contributed by atoms with Gasteiger partial charge in [0.1, 0.15) is 0 Å². The average molecular weight is 304 g/mol. The molecule has 1 fully saturated rings. The fraction of sp³-hybridized carbons (Fsp3) is 0.294. The summed E-state index contributed by atoms with van der Waals surface area (Å²) in [6, 6.07) is 17.5. The van der Waals surface area contributed by atoms with Gasteiger partial charge in [-0.3, -0.25) is 0 Å². The number of halogens is 1. The van der Waals surface area contributed by atoms with E-state index in [0.29, 0.717) is 12.0 Å². The molecule has 3 rings (SSSR count). The highest BCUT2D eigenvalue weighted by atomic mass is 35.5. The summed E-state index contributed by atoms with van der Waals surface area (Å²) in [6.45, 7) is 0. The summed E-state index contributed by atoms with van der Waals surface area (Å²) in [5.74, 6) is 0.650. The van der Waals surface area contributed by atoms with Crippen molar-refractivity contribution in [3.05, 3.63) is 59.1 Å². The molecule has 104 valence electrons. The lowest BCUT2D eigenvalue weighted by molar-refractivity contribution is 0.374. The zero-order valence-electron chi connectivity index (χ0n) is 11.5. The summed E-state index contributed by atoms with van der Waals surface area (Å²) in [6.07, 6.45) is 4.47. The lowest BCUT2D eigenvalue weighted by Gasteiger charge is -2.37. The highest BCUT2D eigenvalue weighted by molar-refractivity contribution is 7.98. The Morgan fingerprint density at radius 2 is 1.85 bits per heavy atom. The Labute approximate surface area is 129 Å². The summed E-state index contributed by atoms with van der Waals surface area (Å²) in [5.41, 5.74) is 2.59. The van der Waals surface area contributed by atoms with Gasteiger partial charge in [0.25, 0.3) is 0 Å². The van der Waals surface area contributed by atoms with Gasteiger partial charge in [-0.15, -0.1) is 11.8 Å². The van der Waals surface area contributed by atoms with Gasteiger partial charge in [0.2, 0.25) is 0 Å². The van der Waals surface area contributed by atoms with Crippen LogP contribution in [0.4, 0.5) is 5.69 Å². The number of rotatable bonds is 4. The molecule has 2 aromatic rings. The van der Waals surface area contributed by atoms with Crippen molar-refractivity contribution in [2.24, 2.45) is 0 Å². The van der Waals surface area contributed by atoms with Gasteiger partial charge < -0.3 is 5.32 Å². The van der Waals surface area contributed by atoms with Crippen molar-refractivity contribution >= 4 is 29.1 Å². The second kappa shape index (κ2) is 6.11. The first-order chi connectivity index (χ1) is 9.74. The smallest absolute Gasteiger partial charge is 0.0408 e. The first-order valence-electron chi connectivity index (χ1n) is 6.90. The number of nitrogens with one attached hydrogen (secondary N) is 1. The maximum absolute atomic E-state index is 6.05. The van der Waals surface area contributed by atoms with E-state index in [2.05, 4.69) is 48.0 Å². The second-order valence-corrected chi connectivity index (χ2v) is 6.61. The van der Waals surface area contributed by atoms with Crippen molar-refractivity contribution in [3.63, 3.8) is 0 Å². The van der Waals surface area contributed by atoms with Crippen LogP contribution in [0.15, 0.2) is 53.4 Å². The van der Waals surface area contributed by atoms with Gasteiger partial charge >= 0.3 is 0 Å². The fourth-order valence-electron chi connectivity index (χ4n) is 2.69. The monoisotopic (exact) mass is 303 g/mol. The third-order valence-electron chi connectivity index (χ3n) is 3.92. The maximum Gasteiger partial charge on any atom is 0.0408 e. The number of hydrogen-bond acceptors (Lipinski definition) is 2. The van der Waals surface area contributed by atoms with E-state index in [1.165, 1.54) is 29.0 Å². The Morgan fingerprint density at radius 1 is 1.10 bits per heavy atom. The Kier molecular flexibility index (Phi) is 4.23. The minimum absolute atomic E-state index is 0.583. The maximum atomic E-state index is 6.05. The van der Waals surface area contributed by atoms with E-state index in [9.17, 15) is 0 Å². The predicted molar refractivity (Wildman–Crippen MR) is 89.1 cm³/mol. The Balaban J connectivity index is 1.55. The van der Waals surface area contributed by atoms with E-state index in [4.69, 9.17) is 11.6 Å². The largest absolute Gasteiger partial charge is 0.382 e. The van der Waals surface area contributed by atoms with Crippen LogP contribution in [0.5, 0.6) is 0 Å². The Hall–Kier alpha value is -1.12. The molecule has 0 radical (unpaired) electrons. The van der Waals surface area contributed by atoms with Crippen LogP contribution in [0.3, 0.4) is 0 Å². The molecular formula is C17H18ClNS. The van der Waals surface area contributed by atoms with Gasteiger partial charge in [-0.05, 0) is 67.0 Å². The second-order valence-electron chi connectivity index (χ2n) is 5.29. The van der Waals surface area contributed by atoms with E-state index in [1.807, 2.05) is 12.1 Å². The van der Waals surface area contributed by atoms with Gasteiger partial charge in [0.05, 0.1) is 0 Å². The summed E-state index contributed by atoms with van der Waals surface area (Å²) < 4.78 is 0. The number of hydrogen-bond donors (Lipinski definition) is 1. The predicted octanol–water partition coefficient (Wildman–Crippen LogP) is 5.42. The molecule has 0 unspecified atom stereocenters. The molecule has 3 heteroatoms. The van der Waals surface area contributed by atoms with Crippen LogP contribution in [0.1, 0.15) is 24.3 Å². The van der Waals surface area contributed by atoms with Crippen molar-refractivity contribution in [1.82, 2.24) is 0 Å². The van der Waals surface area contributed by atoms with Crippen molar-refractivity contribution in [3.8, 4) is 0 Å². The van der Waals surface area contributed by atoms with E-state index in [1.54, 1.807) is 11.8 Å². The van der Waals surface area contributed by atoms with Crippen molar-refractivity contribution in [1.29, 1.82) is 0 Å². The van der Waals surface area contributed by atoms with Crippen LogP contribution in [0.25, 0.3) is 0 Å². The fourth-order valence-corrected chi connectivity index (χ4v) is 3.30. The minimum Gasteiger partial charge on any atom is -0.382 e. The van der Waals surface area contributed by atoms with Crippen molar-refractivity contribution in [2.45, 2.75) is 29.7 Å². The standard InChI is InChI=1S/C17H18ClNS/c1-20-17-7-5-15(6-8-17)19-16-10-13(11-16)12-3-2-4-14(18)9-12/h2-9,13,16,19H,10-11H2,1H3. The van der Waals surface area contributed by atoms with Crippen molar-refractivity contribution < 1.29 is 0 Å². The lowest BCUT2D eigenvalue weighted by Crippen LogP contribution is -2.33. The first-order valence-corrected chi connectivity index (χ1v) is 8.51. The van der Waals surface area contributed by atoms with E-state index < -0.39 is 0 Å². The molecule has 0 amide bonds. The average Bonchev–Trinajstić information content (AvgIpc) is 2.43. The van der Waals surface area contributed by atoms with Gasteiger partial charge in [-0.1, -0.05) is 23.7 Å². The van der Waals surface area contributed by atoms with Crippen LogP contribution in [0, 0.1) is 0 Å². The van der Waals surface area contributed by atoms with Crippen LogP contribution in [0.2, 0.25) is 5.02 Å². The normalized spacial score (nSPS) is 21.3. The topological polar surface area (TPSA) is 12.0 Å². The van der Waals surface area contributed by atoms with Gasteiger partial charge in [-0.2, -0.15) is 0 Å². The highest BCUT2D eigenvalue weighted by Crippen LogP contribution is 2.39. The highest BCUT2D eigenvalue weighted by Gasteiger charge is 2.30. The number of thioether (sulfide) groups is 1. The molecular weight excluding hydrogens is 286 g/mol. The van der Waals surface area contributed by atoms with Crippen molar-refractivity contribution in [2.75, 3.05) is 11.6 Å². The van der Waals surface area contributed by atoms with E-state index in [-0.39, 0.29) is 0 Å². The molecule has 0 heterocycles. The molecule has 0 aliphatic heterocycles. The summed E-state index contributed by atoms with van der Waals surface area (Å²) in [5, 5.41) is 4.44. The molecule has 0 spiro atoms. The number of benzene rings is 2. The van der Waals surface area contributed by atoms with E-state index >= 15 is 0 Å². The Bertz CT molecular complexity index is 576. The molecule has 2 aromatic carbocycles. The molecule has 0 atom stereocenters. The molecule has 1 saturated carbocycles. The molecule has 1 aliphatic rings. The zero-order chi connectivity index (χ0) is 13.9. The quantitative estimate of drug-likeness (QED) is 0.757. The van der Waals surface area contributed by atoms with Gasteiger partial charge in [0, 0.05) is 21.6 Å². The molecule has 0 saturated heterocycles. The third-order valence-corrected chi connectivity index (χ3v) is 4.90. The molecule has 1 N–H and O–H groups in total. The zero-order valence-corrected chi connectivity index (χ0v) is 13.0. The molecule has 0 bridgehead atoms. The Morgan fingerprint density at radius 3 is 2.50 bits per heavy atom. The first kappa shape index (κ1) is 13.8. The lowest BCUT2D eigenvalue weighted by atomic mass is 9.76. The molecule has 0 aromatic heterocycles. The van der Waals surface area contributed by atoms with E-state index in [0.717, 1.165) is 5.02 Å². The molecule has 1 nitrogen and oxygen atoms in total. The summed E-state index contributed by atoms with van der Waals surface area (Å²) in [7, 11) is 0. The van der Waals surface area contributed by atoms with Gasteiger partial charge in [-0.25, -0.2) is 0 Å². The van der Waals surface area contributed by atoms with Crippen LogP contribution in [-0.4, -0.2) is 12.3 Å². The third kappa shape index (κ3) is 3.13. The van der Waals surface area contributed by atoms with Crippen LogP contribution in [-0.2, 0) is 0 Å². The summed E-state index contributed by atoms with van der Waals surface area (Å²) >= 11 is 7.82. The number of anilines is 1. The summed E-state index contributed by atoms with van der Waals surface area (Å²) in [4.78, 5) is 1.31. The van der Waals surface area contributed by atoms with Gasteiger partial charge in [0.15, 0.2) is 0 Å². The van der Waals surface area contributed by atoms with Crippen LogP contribution >= 0.6 is 23.4 Å². The molecule has 20 heavy (non-hydrogen) atoms. The van der Waals surface area contributed by atoms with Crippen LogP contribution < -0.4 is 5.32 Å². The molecule has 1 aliphatic carbocycles. The SMILES string of the molecule is CSc1ccc(NC2CC(c3cccc(Cl)c3)C2)cc1.